The maximum atomic E-state index is 13.5. The summed E-state index contributed by atoms with van der Waals surface area (Å²) in [5.74, 6) is 0.395. The van der Waals surface area contributed by atoms with Gasteiger partial charge in [-0.1, -0.05) is 19.2 Å². The van der Waals surface area contributed by atoms with Crippen LogP contribution in [0.15, 0.2) is 49.0 Å². The van der Waals surface area contributed by atoms with Crippen LogP contribution in [-0.2, 0) is 16.0 Å². The Kier molecular flexibility index (Phi) is 4.51. The van der Waals surface area contributed by atoms with Crippen LogP contribution in [0.5, 0.6) is 5.88 Å². The Hall–Kier alpha value is -2.43. The Morgan fingerprint density at radius 2 is 2.25 bits per heavy atom. The maximum Gasteiger partial charge on any atom is 0.309 e. The van der Waals surface area contributed by atoms with Crippen molar-refractivity contribution in [2.45, 2.75) is 19.3 Å². The molecule has 0 saturated heterocycles. The van der Waals surface area contributed by atoms with Crippen molar-refractivity contribution in [1.29, 1.82) is 0 Å². The van der Waals surface area contributed by atoms with Crippen LogP contribution in [0, 0.1) is 11.8 Å². The summed E-state index contributed by atoms with van der Waals surface area (Å²) in [6, 6.07) is 1.87. The molecule has 3 rings (SSSR count). The normalized spacial score (nSPS) is 24.3. The number of fused-ring (bicyclic) bond motifs is 3. The zero-order valence-corrected chi connectivity index (χ0v) is 13.6. The summed E-state index contributed by atoms with van der Waals surface area (Å²) < 4.78 is 24.2. The minimum atomic E-state index is -0.454. The Balaban J connectivity index is 1.67. The molecule has 1 heterocycles. The number of hydrogen-bond acceptors (Lipinski definition) is 4. The first-order chi connectivity index (χ1) is 11.6. The molecule has 0 bridgehead atoms. The molecule has 0 aromatic carbocycles. The van der Waals surface area contributed by atoms with Gasteiger partial charge in [0.1, 0.15) is 12.4 Å². The van der Waals surface area contributed by atoms with E-state index >= 15 is 0 Å². The van der Waals surface area contributed by atoms with Gasteiger partial charge in [0.25, 0.3) is 0 Å². The Morgan fingerprint density at radius 1 is 1.46 bits per heavy atom. The molecule has 0 radical (unpaired) electrons. The van der Waals surface area contributed by atoms with Gasteiger partial charge in [-0.2, -0.15) is 0 Å². The molecule has 0 aliphatic heterocycles. The van der Waals surface area contributed by atoms with E-state index in [4.69, 9.17) is 9.47 Å². The van der Waals surface area contributed by atoms with Gasteiger partial charge in [-0.05, 0) is 36.5 Å². The minimum absolute atomic E-state index is 0.0250. The molecule has 1 fully saturated rings. The van der Waals surface area contributed by atoms with Gasteiger partial charge in [-0.25, -0.2) is 9.37 Å². The molecule has 3 atom stereocenters. The summed E-state index contributed by atoms with van der Waals surface area (Å²) in [5.41, 5.74) is 2.57. The quantitative estimate of drug-likeness (QED) is 0.567. The fourth-order valence-corrected chi connectivity index (χ4v) is 3.42. The number of nitrogens with zero attached hydrogens (tertiary/aromatic N) is 1. The van der Waals surface area contributed by atoms with Crippen LogP contribution in [-0.4, -0.2) is 24.2 Å². The van der Waals surface area contributed by atoms with Crippen LogP contribution < -0.4 is 4.74 Å². The summed E-state index contributed by atoms with van der Waals surface area (Å²) in [6.07, 6.45) is 5.12. The Bertz CT molecular complexity index is 725. The number of pyridine rings is 1. The number of carbonyl (C=O) groups is 1. The highest BCUT2D eigenvalue weighted by Crippen LogP contribution is 2.61. The monoisotopic (exact) mass is 329 g/mol. The van der Waals surface area contributed by atoms with E-state index in [1.807, 2.05) is 13.0 Å². The summed E-state index contributed by atoms with van der Waals surface area (Å²) in [6.45, 7) is 9.23. The van der Waals surface area contributed by atoms with Crippen molar-refractivity contribution in [3.63, 3.8) is 0 Å². The smallest absolute Gasteiger partial charge is 0.309 e. The van der Waals surface area contributed by atoms with Gasteiger partial charge in [0.2, 0.25) is 5.88 Å². The lowest BCUT2D eigenvalue weighted by Gasteiger charge is -2.10. The molecule has 0 spiro atoms. The first-order valence-electron chi connectivity index (χ1n) is 8.02. The molecule has 2 aliphatic rings. The third-order valence-electron chi connectivity index (χ3n) is 4.65. The molecule has 0 amide bonds. The fraction of sp³-hybridized carbons (Fsp3) is 0.368. The molecule has 5 heteroatoms. The molecule has 3 unspecified atom stereocenters. The highest BCUT2D eigenvalue weighted by molar-refractivity contribution is 5.79. The van der Waals surface area contributed by atoms with E-state index in [2.05, 4.69) is 18.1 Å². The van der Waals surface area contributed by atoms with Crippen LogP contribution in [0.2, 0.25) is 0 Å². The number of carbonyl (C=O) groups excluding carboxylic acids is 1. The lowest BCUT2D eigenvalue weighted by atomic mass is 10.0. The number of ether oxygens (including phenoxy) is 2. The lowest BCUT2D eigenvalue weighted by molar-refractivity contribution is -0.145. The number of aromatic nitrogens is 1. The van der Waals surface area contributed by atoms with Gasteiger partial charge in [-0.15, -0.1) is 0 Å². The molecule has 24 heavy (non-hydrogen) atoms. The highest BCUT2D eigenvalue weighted by Gasteiger charge is 2.60. The van der Waals surface area contributed by atoms with Gasteiger partial charge in [-0.3, -0.25) is 4.79 Å². The number of rotatable bonds is 7. The van der Waals surface area contributed by atoms with E-state index in [9.17, 15) is 9.18 Å². The highest BCUT2D eigenvalue weighted by atomic mass is 19.1. The summed E-state index contributed by atoms with van der Waals surface area (Å²) in [4.78, 5) is 16.2. The maximum absolute atomic E-state index is 13.5. The largest absolute Gasteiger partial charge is 0.473 e. The first kappa shape index (κ1) is 16.4. The van der Waals surface area contributed by atoms with E-state index in [-0.39, 0.29) is 24.4 Å². The Labute approximate surface area is 140 Å². The SMILES string of the molecule is C=CC(F)=C(C=C)COc1cc2c(cn1)C1C(C2)C1C(=O)OCC. The molecule has 126 valence electrons. The van der Waals surface area contributed by atoms with Crippen molar-refractivity contribution >= 4 is 5.97 Å². The predicted molar refractivity (Wildman–Crippen MR) is 88.3 cm³/mol. The topological polar surface area (TPSA) is 48.4 Å². The van der Waals surface area contributed by atoms with Crippen molar-refractivity contribution in [2.24, 2.45) is 11.8 Å². The summed E-state index contributed by atoms with van der Waals surface area (Å²) in [7, 11) is 0. The van der Waals surface area contributed by atoms with Crippen molar-refractivity contribution in [3.05, 3.63) is 60.1 Å². The second-order valence-electron chi connectivity index (χ2n) is 5.96. The second kappa shape index (κ2) is 6.59. The van der Waals surface area contributed by atoms with Gasteiger partial charge in [0.05, 0.1) is 12.5 Å². The zero-order chi connectivity index (χ0) is 17.3. The average molecular weight is 329 g/mol. The van der Waals surface area contributed by atoms with Gasteiger partial charge in [0.15, 0.2) is 0 Å². The van der Waals surface area contributed by atoms with Crippen molar-refractivity contribution < 1.29 is 18.7 Å². The van der Waals surface area contributed by atoms with E-state index in [0.717, 1.165) is 23.6 Å². The van der Waals surface area contributed by atoms with Gasteiger partial charge in [0, 0.05) is 23.8 Å². The van der Waals surface area contributed by atoms with Crippen LogP contribution in [0.4, 0.5) is 4.39 Å². The van der Waals surface area contributed by atoms with E-state index in [0.29, 0.717) is 24.0 Å². The molecule has 1 aromatic heterocycles. The summed E-state index contributed by atoms with van der Waals surface area (Å²) in [5, 5.41) is 0. The van der Waals surface area contributed by atoms with Crippen molar-refractivity contribution in [3.8, 4) is 5.88 Å². The molecule has 2 aliphatic carbocycles. The third-order valence-corrected chi connectivity index (χ3v) is 4.65. The standard InChI is InChI=1S/C19H20FNO3/c1-4-11(15(20)5-2)10-24-16-8-12-7-13-17(14(12)9-21-16)18(13)19(22)23-6-3/h4-5,8-9,13,17-18H,1-2,6-7,10H2,3H3. The van der Waals surface area contributed by atoms with Crippen molar-refractivity contribution in [1.82, 2.24) is 4.98 Å². The summed E-state index contributed by atoms with van der Waals surface area (Å²) >= 11 is 0. The molecular formula is C19H20FNO3. The number of esters is 1. The lowest BCUT2D eigenvalue weighted by Crippen LogP contribution is -2.11. The number of hydrogen-bond donors (Lipinski definition) is 0. The van der Waals surface area contributed by atoms with E-state index in [1.54, 1.807) is 6.20 Å². The number of allylic oxidation sites excluding steroid dienone is 2. The molecular weight excluding hydrogens is 309 g/mol. The molecule has 4 nitrogen and oxygen atoms in total. The number of halogens is 1. The van der Waals surface area contributed by atoms with Crippen LogP contribution in [0.3, 0.4) is 0 Å². The zero-order valence-electron chi connectivity index (χ0n) is 13.6. The third kappa shape index (κ3) is 2.86. The Morgan fingerprint density at radius 3 is 2.92 bits per heavy atom. The molecule has 1 aromatic rings. The minimum Gasteiger partial charge on any atom is -0.473 e. The predicted octanol–water partition coefficient (Wildman–Crippen LogP) is 3.50. The van der Waals surface area contributed by atoms with Crippen molar-refractivity contribution in [2.75, 3.05) is 13.2 Å². The first-order valence-corrected chi connectivity index (χ1v) is 8.02. The van der Waals surface area contributed by atoms with E-state index < -0.39 is 5.83 Å². The van der Waals surface area contributed by atoms with E-state index in [1.165, 1.54) is 6.08 Å². The van der Waals surface area contributed by atoms with Gasteiger partial charge >= 0.3 is 5.97 Å². The van der Waals surface area contributed by atoms with Crippen LogP contribution >= 0.6 is 0 Å². The van der Waals surface area contributed by atoms with Crippen LogP contribution in [0.1, 0.15) is 24.0 Å². The van der Waals surface area contributed by atoms with Crippen LogP contribution in [0.25, 0.3) is 0 Å². The fourth-order valence-electron chi connectivity index (χ4n) is 3.42. The van der Waals surface area contributed by atoms with Gasteiger partial charge < -0.3 is 9.47 Å². The second-order valence-corrected chi connectivity index (χ2v) is 5.96. The average Bonchev–Trinajstić information content (AvgIpc) is 3.17. The molecule has 1 saturated carbocycles. The molecule has 0 N–H and O–H groups in total.